The molecule has 2 atom stereocenters. The van der Waals surface area contributed by atoms with Crippen LogP contribution in [0.1, 0.15) is 49.3 Å². The van der Waals surface area contributed by atoms with Crippen molar-refractivity contribution in [2.24, 2.45) is 0 Å². The summed E-state index contributed by atoms with van der Waals surface area (Å²) in [5.41, 5.74) is -3.25. The molecule has 0 aromatic heterocycles. The molecule has 176 valence electrons. The number of fused-ring (bicyclic) bond motifs is 3. The second-order valence-corrected chi connectivity index (χ2v) is 8.39. The molecule has 0 aliphatic carbocycles. The minimum absolute atomic E-state index is 0.0603. The van der Waals surface area contributed by atoms with Gasteiger partial charge in [-0.15, -0.1) is 0 Å². The molecule has 1 saturated heterocycles. The molecule has 0 unspecified atom stereocenters. The van der Waals surface area contributed by atoms with Gasteiger partial charge in [0.2, 0.25) is 0 Å². The summed E-state index contributed by atoms with van der Waals surface area (Å²) in [6, 6.07) is 1.21. The molecule has 0 amide bonds. The molecule has 4 rings (SSSR count). The van der Waals surface area contributed by atoms with Crippen molar-refractivity contribution in [3.05, 3.63) is 58.2 Å². The zero-order valence-corrected chi connectivity index (χ0v) is 17.7. The van der Waals surface area contributed by atoms with Gasteiger partial charge in [0.25, 0.3) is 0 Å². The van der Waals surface area contributed by atoms with Gasteiger partial charge in [0.1, 0.15) is 0 Å². The van der Waals surface area contributed by atoms with Crippen LogP contribution in [0.15, 0.2) is 41.5 Å². The molecule has 3 nitrogen and oxygen atoms in total. The van der Waals surface area contributed by atoms with Gasteiger partial charge in [-0.2, -0.15) is 26.3 Å². The molecule has 3 aliphatic rings. The number of rotatable bonds is 1. The van der Waals surface area contributed by atoms with Gasteiger partial charge in [0.05, 0.1) is 17.2 Å². The van der Waals surface area contributed by atoms with Crippen LogP contribution in [-0.4, -0.2) is 35.6 Å². The fourth-order valence-corrected chi connectivity index (χ4v) is 4.90. The highest BCUT2D eigenvalue weighted by molar-refractivity contribution is 5.89. The van der Waals surface area contributed by atoms with Crippen molar-refractivity contribution in [1.82, 2.24) is 4.90 Å². The van der Waals surface area contributed by atoms with Crippen molar-refractivity contribution in [1.29, 1.82) is 0 Å². The number of benzene rings is 1. The zero-order chi connectivity index (χ0) is 24.0. The van der Waals surface area contributed by atoms with E-state index < -0.39 is 40.6 Å². The number of alkyl halides is 6. The van der Waals surface area contributed by atoms with E-state index in [1.54, 1.807) is 6.08 Å². The van der Waals surface area contributed by atoms with E-state index in [2.05, 4.69) is 16.7 Å². The molecule has 0 N–H and O–H groups in total. The van der Waals surface area contributed by atoms with E-state index in [9.17, 15) is 31.1 Å². The third-order valence-electron chi connectivity index (χ3n) is 6.43. The lowest BCUT2D eigenvalue weighted by atomic mass is 9.78. The van der Waals surface area contributed by atoms with Crippen molar-refractivity contribution in [2.75, 3.05) is 13.1 Å². The first-order valence-corrected chi connectivity index (χ1v) is 10.7. The number of carbonyl (C=O) groups is 1. The molecule has 0 bridgehead atoms. The van der Waals surface area contributed by atoms with E-state index in [4.69, 9.17) is 4.74 Å². The summed E-state index contributed by atoms with van der Waals surface area (Å²) in [5.74, 6) is 4.70. The lowest BCUT2D eigenvalue weighted by molar-refractivity contribution is -0.153. The Bertz CT molecular complexity index is 1060. The highest BCUT2D eigenvalue weighted by Gasteiger charge is 2.52. The minimum atomic E-state index is -4.95. The summed E-state index contributed by atoms with van der Waals surface area (Å²) in [5, 5.41) is 0. The Labute approximate surface area is 187 Å². The summed E-state index contributed by atoms with van der Waals surface area (Å²) in [7, 11) is 0. The molecule has 0 saturated carbocycles. The molecule has 9 heteroatoms. The number of piperidine rings is 1. The molecular weight excluding hydrogens is 448 g/mol. The van der Waals surface area contributed by atoms with Crippen LogP contribution in [0.25, 0.3) is 0 Å². The van der Waals surface area contributed by atoms with Gasteiger partial charge in [0, 0.05) is 29.3 Å². The van der Waals surface area contributed by atoms with Crippen molar-refractivity contribution in [3.63, 3.8) is 0 Å². The van der Waals surface area contributed by atoms with Crippen molar-refractivity contribution in [3.8, 4) is 11.8 Å². The van der Waals surface area contributed by atoms with Gasteiger partial charge in [-0.25, -0.2) is 4.79 Å². The molecule has 0 spiro atoms. The first kappa shape index (κ1) is 23.4. The van der Waals surface area contributed by atoms with E-state index in [-0.39, 0.29) is 12.1 Å². The van der Waals surface area contributed by atoms with E-state index >= 15 is 0 Å². The van der Waals surface area contributed by atoms with Crippen LogP contribution >= 0.6 is 0 Å². The van der Waals surface area contributed by atoms with Gasteiger partial charge in [-0.1, -0.05) is 31.3 Å². The average Bonchev–Trinajstić information content (AvgIpc) is 3.04. The number of carbonyl (C=O) groups excluding carboxylic acids is 1. The summed E-state index contributed by atoms with van der Waals surface area (Å²) in [6.45, 7) is 3.19. The second kappa shape index (κ2) is 8.24. The fourth-order valence-electron chi connectivity index (χ4n) is 4.90. The fraction of sp³-hybridized carbons (Fsp3) is 0.458. The zero-order valence-electron chi connectivity index (χ0n) is 17.7. The standard InChI is InChI=1S/C24H21F6NO2/c1-2-22-19(14-21(32)33-22)16(8-10-31-9-4-3-5-20(22)31)7-6-15-11-17(23(25,26)27)13-18(12-15)24(28,29)30/h8,11-14,20H,2-5,9-10H2,1H3/t20-,22+/m1/s1. The number of hydrogen-bond donors (Lipinski definition) is 0. The van der Waals surface area contributed by atoms with Crippen LogP contribution in [0.5, 0.6) is 0 Å². The summed E-state index contributed by atoms with van der Waals surface area (Å²) >= 11 is 0. The second-order valence-electron chi connectivity index (χ2n) is 8.39. The molecule has 0 radical (unpaired) electrons. The Hall–Kier alpha value is -2.73. The average molecular weight is 469 g/mol. The first-order chi connectivity index (χ1) is 15.4. The van der Waals surface area contributed by atoms with Crippen molar-refractivity contribution >= 4 is 5.97 Å². The molecule has 1 aromatic rings. The maximum Gasteiger partial charge on any atom is 0.416 e. The lowest BCUT2D eigenvalue weighted by Crippen LogP contribution is -2.55. The van der Waals surface area contributed by atoms with Crippen LogP contribution in [0.3, 0.4) is 0 Å². The van der Waals surface area contributed by atoms with Crippen LogP contribution in [0, 0.1) is 11.8 Å². The first-order valence-electron chi connectivity index (χ1n) is 10.7. The Morgan fingerprint density at radius 2 is 1.73 bits per heavy atom. The Morgan fingerprint density at radius 1 is 1.06 bits per heavy atom. The molecule has 1 aromatic carbocycles. The number of nitrogens with zero attached hydrogens (tertiary/aromatic N) is 1. The topological polar surface area (TPSA) is 29.5 Å². The van der Waals surface area contributed by atoms with Gasteiger partial charge in [-0.3, -0.25) is 4.90 Å². The quantitative estimate of drug-likeness (QED) is 0.309. The minimum Gasteiger partial charge on any atom is -0.449 e. The molecule has 33 heavy (non-hydrogen) atoms. The highest BCUT2D eigenvalue weighted by atomic mass is 19.4. The number of ether oxygens (including phenoxy) is 1. The van der Waals surface area contributed by atoms with Crippen molar-refractivity contribution in [2.45, 2.75) is 56.6 Å². The molecule has 3 heterocycles. The third-order valence-corrected chi connectivity index (χ3v) is 6.43. The van der Waals surface area contributed by atoms with E-state index in [1.165, 1.54) is 6.08 Å². The maximum absolute atomic E-state index is 13.2. The number of hydrogen-bond acceptors (Lipinski definition) is 3. The normalized spacial score (nSPS) is 25.7. The SMILES string of the molecule is CC[C@]12OC(=O)C=C1C(C#Cc1cc(C(F)(F)F)cc(C(F)(F)F)c1)=CCN1CCCC[C@@H]12. The molecule has 1 fully saturated rings. The van der Waals surface area contributed by atoms with Crippen molar-refractivity contribution < 1.29 is 35.9 Å². The largest absolute Gasteiger partial charge is 0.449 e. The van der Waals surface area contributed by atoms with E-state index in [1.807, 2.05) is 6.92 Å². The maximum atomic E-state index is 13.2. The predicted molar refractivity (Wildman–Crippen MR) is 108 cm³/mol. The Morgan fingerprint density at radius 3 is 2.33 bits per heavy atom. The van der Waals surface area contributed by atoms with E-state index in [0.29, 0.717) is 36.2 Å². The van der Waals surface area contributed by atoms with Gasteiger partial charge in [0.15, 0.2) is 5.60 Å². The number of esters is 1. The third kappa shape index (κ3) is 4.41. The van der Waals surface area contributed by atoms with Crippen LogP contribution in [-0.2, 0) is 21.9 Å². The van der Waals surface area contributed by atoms with Gasteiger partial charge < -0.3 is 4.74 Å². The number of halogens is 6. The van der Waals surface area contributed by atoms with Crippen LogP contribution < -0.4 is 0 Å². The van der Waals surface area contributed by atoms with Crippen LogP contribution in [0.4, 0.5) is 26.3 Å². The molecular formula is C24H21F6NO2. The predicted octanol–water partition coefficient (Wildman–Crippen LogP) is 5.50. The Balaban J connectivity index is 1.79. The summed E-state index contributed by atoms with van der Waals surface area (Å²) in [4.78, 5) is 14.4. The van der Waals surface area contributed by atoms with Gasteiger partial charge in [-0.05, 0) is 44.0 Å². The Kier molecular flexibility index (Phi) is 5.85. The lowest BCUT2D eigenvalue weighted by Gasteiger charge is -2.44. The summed E-state index contributed by atoms with van der Waals surface area (Å²) < 4.78 is 84.8. The summed E-state index contributed by atoms with van der Waals surface area (Å²) in [6.07, 6.45) is -3.53. The monoisotopic (exact) mass is 469 g/mol. The van der Waals surface area contributed by atoms with E-state index in [0.717, 1.165) is 25.8 Å². The van der Waals surface area contributed by atoms with Gasteiger partial charge >= 0.3 is 18.3 Å². The molecule has 3 aliphatic heterocycles. The van der Waals surface area contributed by atoms with Crippen LogP contribution in [0.2, 0.25) is 0 Å². The smallest absolute Gasteiger partial charge is 0.416 e. The highest BCUT2D eigenvalue weighted by Crippen LogP contribution is 2.45.